The van der Waals surface area contributed by atoms with Gasteiger partial charge in [0, 0.05) is 34.4 Å². The molecule has 4 saturated carbocycles. The van der Waals surface area contributed by atoms with Crippen LogP contribution in [0.2, 0.25) is 0 Å². The molecule has 2 bridgehead atoms. The third-order valence-corrected chi connectivity index (χ3v) is 9.81. The molecule has 7 rings (SSSR count). The van der Waals surface area contributed by atoms with Gasteiger partial charge in [0.05, 0.1) is 24.8 Å². The quantitative estimate of drug-likeness (QED) is 0.435. The lowest BCUT2D eigenvalue weighted by atomic mass is 9.41. The van der Waals surface area contributed by atoms with Crippen LogP contribution >= 0.6 is 0 Å². The average molecular weight is 413 g/mol. The third-order valence-electron chi connectivity index (χ3n) is 9.81. The molecule has 6 aliphatic rings. The van der Waals surface area contributed by atoms with Gasteiger partial charge in [-0.2, -0.15) is 10.2 Å². The molecule has 6 heteroatoms. The second kappa shape index (κ2) is 6.27. The van der Waals surface area contributed by atoms with E-state index >= 15 is 0 Å². The Balaban J connectivity index is 1.33. The molecule has 3 heterocycles. The van der Waals surface area contributed by atoms with Crippen molar-refractivity contribution >= 4 is 11.9 Å². The first-order chi connectivity index (χ1) is 14.4. The maximum atomic E-state index is 10.4. The normalized spacial score (nSPS) is 51.2. The van der Waals surface area contributed by atoms with Crippen molar-refractivity contribution in [2.45, 2.75) is 88.9 Å². The largest absolute Gasteiger partial charge is 0.472 e. The molecule has 1 aromatic rings. The Bertz CT molecular complexity index is 885. The van der Waals surface area contributed by atoms with Gasteiger partial charge in [-0.3, -0.25) is 0 Å². The van der Waals surface area contributed by atoms with Gasteiger partial charge in [0.15, 0.2) is 0 Å². The minimum atomic E-state index is -0.310. The van der Waals surface area contributed by atoms with Crippen LogP contribution in [0.15, 0.2) is 33.2 Å². The van der Waals surface area contributed by atoms with Gasteiger partial charge in [0.2, 0.25) is 0 Å². The summed E-state index contributed by atoms with van der Waals surface area (Å²) in [7, 11) is 0. The molecule has 2 spiro atoms. The molecule has 7 atom stereocenters. The van der Waals surface area contributed by atoms with Crippen LogP contribution < -0.4 is 0 Å². The van der Waals surface area contributed by atoms with Crippen molar-refractivity contribution in [3.63, 3.8) is 0 Å². The minimum Gasteiger partial charge on any atom is -0.472 e. The standard InChI is InChI=1S/C24H32N2O4/c1-21-8-6-19-22(2)9-5-17(27)13-23(22)10-11-24(19,30-29-23)18(21)3-4-20(21)26-25-14-16-7-12-28-15-16/h7,12,14-15,17-19,27H,3-6,8-11,13H2,1-2H3/b25-14+,26-20-/t17-,18+,19+,21-,22+,23+,24-/m0/s1. The highest BCUT2D eigenvalue weighted by Gasteiger charge is 2.75. The molecule has 1 aromatic heterocycles. The molecule has 0 amide bonds. The predicted octanol–water partition coefficient (Wildman–Crippen LogP) is 4.67. The molecule has 2 aliphatic heterocycles. The van der Waals surface area contributed by atoms with E-state index in [9.17, 15) is 5.11 Å². The molecule has 0 aromatic carbocycles. The minimum absolute atomic E-state index is 0.00940. The van der Waals surface area contributed by atoms with Crippen molar-refractivity contribution in [3.8, 4) is 0 Å². The van der Waals surface area contributed by atoms with Gasteiger partial charge in [-0.15, -0.1) is 0 Å². The first-order valence-corrected chi connectivity index (χ1v) is 11.6. The topological polar surface area (TPSA) is 76.5 Å². The lowest BCUT2D eigenvalue weighted by Crippen LogP contribution is -2.75. The number of fused-ring (bicyclic) bond motifs is 3. The Morgan fingerprint density at radius 3 is 2.73 bits per heavy atom. The summed E-state index contributed by atoms with van der Waals surface area (Å²) in [4.78, 5) is 12.7. The van der Waals surface area contributed by atoms with Gasteiger partial charge in [-0.1, -0.05) is 13.8 Å². The number of nitrogens with zero attached hydrogens (tertiary/aromatic N) is 2. The van der Waals surface area contributed by atoms with E-state index in [1.807, 2.05) is 6.07 Å². The number of hydrogen-bond donors (Lipinski definition) is 1. The van der Waals surface area contributed by atoms with Crippen LogP contribution in [0.5, 0.6) is 0 Å². The Morgan fingerprint density at radius 2 is 1.97 bits per heavy atom. The summed E-state index contributed by atoms with van der Waals surface area (Å²) in [6, 6.07) is 1.89. The van der Waals surface area contributed by atoms with Crippen LogP contribution in [0.4, 0.5) is 0 Å². The van der Waals surface area contributed by atoms with Gasteiger partial charge < -0.3 is 9.52 Å². The van der Waals surface area contributed by atoms with Crippen LogP contribution in [0.3, 0.4) is 0 Å². The molecular weight excluding hydrogens is 380 g/mol. The van der Waals surface area contributed by atoms with Crippen molar-refractivity contribution in [2.24, 2.45) is 32.9 Å². The fourth-order valence-electron chi connectivity index (χ4n) is 8.18. The Kier molecular flexibility index (Phi) is 4.01. The van der Waals surface area contributed by atoms with Crippen LogP contribution in [0.25, 0.3) is 0 Å². The highest BCUT2D eigenvalue weighted by atomic mass is 17.2. The van der Waals surface area contributed by atoms with Crippen LogP contribution in [0, 0.1) is 22.7 Å². The lowest BCUT2D eigenvalue weighted by molar-refractivity contribution is -0.535. The summed E-state index contributed by atoms with van der Waals surface area (Å²) < 4.78 is 5.11. The number of hydrogen-bond acceptors (Lipinski definition) is 6. The van der Waals surface area contributed by atoms with Gasteiger partial charge in [-0.05, 0) is 63.4 Å². The van der Waals surface area contributed by atoms with Gasteiger partial charge >= 0.3 is 0 Å². The van der Waals surface area contributed by atoms with Gasteiger partial charge in [-0.25, -0.2) is 9.78 Å². The van der Waals surface area contributed by atoms with Crippen molar-refractivity contribution in [1.29, 1.82) is 0 Å². The third kappa shape index (κ3) is 2.30. The smallest absolute Gasteiger partial charge is 0.112 e. The molecule has 0 radical (unpaired) electrons. The van der Waals surface area contributed by atoms with E-state index in [4.69, 9.17) is 19.3 Å². The molecule has 1 N–H and O–H groups in total. The van der Waals surface area contributed by atoms with Crippen molar-refractivity contribution in [1.82, 2.24) is 0 Å². The molecule has 30 heavy (non-hydrogen) atoms. The van der Waals surface area contributed by atoms with E-state index in [-0.39, 0.29) is 28.1 Å². The maximum Gasteiger partial charge on any atom is 0.112 e. The first-order valence-electron chi connectivity index (χ1n) is 11.6. The number of aliphatic hydroxyl groups excluding tert-OH is 1. The van der Waals surface area contributed by atoms with Crippen LogP contribution in [0.1, 0.15) is 77.2 Å². The monoisotopic (exact) mass is 412 g/mol. The average Bonchev–Trinajstić information content (AvgIpc) is 3.36. The second-order valence-corrected chi connectivity index (χ2v) is 10.9. The SMILES string of the molecule is C[C@]12CC[C@H]3[C@]4(CC[C@]5(C[C@@H](O)CC[C@]35C)OO4)[C@@H]1CC/C2=N/N=C/c1ccoc1. The molecule has 6 nitrogen and oxygen atoms in total. The molecule has 6 fully saturated rings. The molecule has 162 valence electrons. The highest BCUT2D eigenvalue weighted by Crippen LogP contribution is 2.73. The number of rotatable bonds is 2. The first kappa shape index (κ1) is 19.2. The van der Waals surface area contributed by atoms with Gasteiger partial charge in [0.1, 0.15) is 11.2 Å². The Hall–Kier alpha value is -1.50. The maximum absolute atomic E-state index is 10.4. The number of furan rings is 1. The van der Waals surface area contributed by atoms with Crippen molar-refractivity contribution in [2.75, 3.05) is 0 Å². The second-order valence-electron chi connectivity index (χ2n) is 10.9. The number of aliphatic hydroxyl groups is 1. The van der Waals surface area contributed by atoms with Crippen molar-refractivity contribution < 1.29 is 19.3 Å². The van der Waals surface area contributed by atoms with E-state index in [1.165, 1.54) is 5.71 Å². The summed E-state index contributed by atoms with van der Waals surface area (Å²) in [5.41, 5.74) is 1.70. The molecular formula is C24H32N2O4. The summed E-state index contributed by atoms with van der Waals surface area (Å²) in [5, 5.41) is 19.5. The summed E-state index contributed by atoms with van der Waals surface area (Å²) in [5.74, 6) is 0.903. The zero-order valence-corrected chi connectivity index (χ0v) is 18.0. The Morgan fingerprint density at radius 1 is 1.07 bits per heavy atom. The summed E-state index contributed by atoms with van der Waals surface area (Å²) in [6.45, 7) is 4.79. The summed E-state index contributed by atoms with van der Waals surface area (Å²) >= 11 is 0. The lowest BCUT2D eigenvalue weighted by Gasteiger charge is -2.71. The Labute approximate surface area is 177 Å². The predicted molar refractivity (Wildman–Crippen MR) is 112 cm³/mol. The summed E-state index contributed by atoms with van der Waals surface area (Å²) in [6.07, 6.45) is 13.8. The zero-order valence-electron chi connectivity index (χ0n) is 18.0. The molecule has 2 saturated heterocycles. The van der Waals surface area contributed by atoms with Gasteiger partial charge in [0.25, 0.3) is 0 Å². The van der Waals surface area contributed by atoms with Crippen LogP contribution in [-0.2, 0) is 9.78 Å². The van der Waals surface area contributed by atoms with E-state index in [0.717, 1.165) is 56.9 Å². The highest BCUT2D eigenvalue weighted by molar-refractivity contribution is 5.93. The van der Waals surface area contributed by atoms with E-state index in [0.29, 0.717) is 18.3 Å². The van der Waals surface area contributed by atoms with E-state index < -0.39 is 0 Å². The van der Waals surface area contributed by atoms with E-state index in [1.54, 1.807) is 18.7 Å². The van der Waals surface area contributed by atoms with Crippen molar-refractivity contribution in [3.05, 3.63) is 24.2 Å². The fraction of sp³-hybridized carbons (Fsp3) is 0.750. The molecule has 0 unspecified atom stereocenters. The molecule has 4 aliphatic carbocycles. The van der Waals surface area contributed by atoms with E-state index in [2.05, 4.69) is 18.9 Å². The van der Waals surface area contributed by atoms with Crippen LogP contribution in [-0.4, -0.2) is 34.3 Å². The fourth-order valence-corrected chi connectivity index (χ4v) is 8.18. The zero-order chi connectivity index (χ0) is 20.6.